The molecule has 1 saturated carbocycles. The Bertz CT molecular complexity index is 719. The first kappa shape index (κ1) is 19.2. The van der Waals surface area contributed by atoms with Crippen LogP contribution in [-0.2, 0) is 14.3 Å². The Balaban J connectivity index is 1.79. The highest BCUT2D eigenvalue weighted by molar-refractivity contribution is 5.82. The number of carbonyl (C=O) groups excluding carboxylic acids is 3. The molecule has 0 saturated heterocycles. The number of hydrogen-bond acceptors (Lipinski definition) is 7. The molecule has 0 unspecified atom stereocenters. The van der Waals surface area contributed by atoms with E-state index >= 15 is 0 Å². The summed E-state index contributed by atoms with van der Waals surface area (Å²) in [6.07, 6.45) is 3.63. The molecule has 26 heavy (non-hydrogen) atoms. The predicted molar refractivity (Wildman–Crippen MR) is 89.8 cm³/mol. The van der Waals surface area contributed by atoms with Crippen LogP contribution in [-0.4, -0.2) is 44.0 Å². The number of nitrogens with one attached hydrogen (secondary N) is 1. The van der Waals surface area contributed by atoms with Crippen LogP contribution in [0, 0.1) is 11.3 Å². The summed E-state index contributed by atoms with van der Waals surface area (Å²) in [5.74, 6) is -0.681. The van der Waals surface area contributed by atoms with Crippen molar-refractivity contribution < 1.29 is 28.6 Å². The molecule has 0 bridgehead atoms. The molecule has 0 spiro atoms. The molecule has 2 rings (SSSR count). The Hall–Kier alpha value is -3.08. The lowest BCUT2D eigenvalue weighted by atomic mass is 10.00. The van der Waals surface area contributed by atoms with Crippen molar-refractivity contribution in [1.82, 2.24) is 5.32 Å². The van der Waals surface area contributed by atoms with Gasteiger partial charge in [-0.1, -0.05) is 0 Å². The monoisotopic (exact) mass is 360 g/mol. The van der Waals surface area contributed by atoms with E-state index in [0.29, 0.717) is 30.4 Å². The number of aldehydes is 1. The Kier molecular flexibility index (Phi) is 6.55. The van der Waals surface area contributed by atoms with Crippen LogP contribution in [0.25, 0.3) is 0 Å². The van der Waals surface area contributed by atoms with Crippen molar-refractivity contribution in [3.8, 4) is 17.6 Å². The summed E-state index contributed by atoms with van der Waals surface area (Å²) >= 11 is 0. The average Bonchev–Trinajstić information content (AvgIpc) is 3.13. The zero-order valence-electron chi connectivity index (χ0n) is 14.4. The molecule has 1 amide bonds. The summed E-state index contributed by atoms with van der Waals surface area (Å²) in [7, 11) is 1.41. The van der Waals surface area contributed by atoms with Crippen molar-refractivity contribution in [3.63, 3.8) is 0 Å². The van der Waals surface area contributed by atoms with Gasteiger partial charge in [0, 0.05) is 5.56 Å². The fourth-order valence-corrected chi connectivity index (χ4v) is 2.75. The molecule has 0 aromatic heterocycles. The third-order valence-corrected chi connectivity index (χ3v) is 4.08. The summed E-state index contributed by atoms with van der Waals surface area (Å²) in [4.78, 5) is 34.4. The fourth-order valence-electron chi connectivity index (χ4n) is 2.75. The fraction of sp³-hybridized carbons (Fsp3) is 0.444. The minimum atomic E-state index is -0.853. The van der Waals surface area contributed by atoms with Crippen molar-refractivity contribution in [1.29, 1.82) is 5.26 Å². The van der Waals surface area contributed by atoms with Crippen molar-refractivity contribution in [2.75, 3.05) is 20.3 Å². The standard InChI is InChI=1S/C18H20N2O6/c1-24-15-8-13(9-21)4-5-14(15)25-11-17(23)26-10-16(22)20-18(12-19)6-2-3-7-18/h4-5,8-9H,2-3,6-7,10-11H2,1H3,(H,20,22). The number of ether oxygens (including phenoxy) is 3. The molecule has 0 radical (unpaired) electrons. The Labute approximate surface area is 151 Å². The van der Waals surface area contributed by atoms with Gasteiger partial charge in [0.2, 0.25) is 0 Å². The number of esters is 1. The van der Waals surface area contributed by atoms with E-state index in [1.165, 1.54) is 25.3 Å². The molecule has 1 N–H and O–H groups in total. The molecule has 8 heteroatoms. The van der Waals surface area contributed by atoms with E-state index in [4.69, 9.17) is 14.2 Å². The van der Waals surface area contributed by atoms with Gasteiger partial charge in [-0.05, 0) is 43.9 Å². The number of methoxy groups -OCH3 is 1. The minimum Gasteiger partial charge on any atom is -0.493 e. The summed E-state index contributed by atoms with van der Waals surface area (Å²) in [5, 5.41) is 11.8. The highest BCUT2D eigenvalue weighted by atomic mass is 16.6. The van der Waals surface area contributed by atoms with Crippen LogP contribution in [0.1, 0.15) is 36.0 Å². The molecular formula is C18H20N2O6. The molecule has 0 atom stereocenters. The summed E-state index contributed by atoms with van der Waals surface area (Å²) in [5.41, 5.74) is -0.444. The van der Waals surface area contributed by atoms with Gasteiger partial charge in [-0.15, -0.1) is 0 Å². The zero-order valence-corrected chi connectivity index (χ0v) is 14.4. The highest BCUT2D eigenvalue weighted by Crippen LogP contribution is 2.29. The van der Waals surface area contributed by atoms with Crippen LogP contribution in [0.2, 0.25) is 0 Å². The van der Waals surface area contributed by atoms with Gasteiger partial charge in [0.15, 0.2) is 24.7 Å². The smallest absolute Gasteiger partial charge is 0.344 e. The molecule has 0 aliphatic heterocycles. The number of nitriles is 1. The van der Waals surface area contributed by atoms with E-state index in [1.807, 2.05) is 0 Å². The minimum absolute atomic E-state index is 0.272. The van der Waals surface area contributed by atoms with Gasteiger partial charge >= 0.3 is 5.97 Å². The molecule has 138 valence electrons. The summed E-state index contributed by atoms with van der Waals surface area (Å²) < 4.78 is 15.2. The maximum Gasteiger partial charge on any atom is 0.344 e. The maximum atomic E-state index is 11.9. The number of rotatable bonds is 8. The molecule has 1 aromatic rings. The van der Waals surface area contributed by atoms with Crippen LogP contribution in [0.15, 0.2) is 18.2 Å². The van der Waals surface area contributed by atoms with Crippen LogP contribution in [0.3, 0.4) is 0 Å². The van der Waals surface area contributed by atoms with Gasteiger partial charge in [0.1, 0.15) is 11.8 Å². The predicted octanol–water partition coefficient (Wildman–Crippen LogP) is 1.38. The second-order valence-electron chi connectivity index (χ2n) is 5.93. The van der Waals surface area contributed by atoms with Gasteiger partial charge in [-0.25, -0.2) is 4.79 Å². The molecular weight excluding hydrogens is 340 g/mol. The van der Waals surface area contributed by atoms with Crippen LogP contribution in [0.5, 0.6) is 11.5 Å². The number of nitrogens with zero attached hydrogens (tertiary/aromatic N) is 1. The van der Waals surface area contributed by atoms with Crippen molar-refractivity contribution in [2.24, 2.45) is 0 Å². The topological polar surface area (TPSA) is 115 Å². The van der Waals surface area contributed by atoms with Crippen molar-refractivity contribution in [2.45, 2.75) is 31.2 Å². The number of benzene rings is 1. The molecule has 8 nitrogen and oxygen atoms in total. The summed E-state index contributed by atoms with van der Waals surface area (Å²) in [6, 6.07) is 6.62. The largest absolute Gasteiger partial charge is 0.493 e. The molecule has 1 aromatic carbocycles. The normalized spacial score (nSPS) is 14.8. The molecule has 1 aliphatic rings. The lowest BCUT2D eigenvalue weighted by molar-refractivity contribution is -0.150. The lowest BCUT2D eigenvalue weighted by Gasteiger charge is -2.21. The van der Waals surface area contributed by atoms with E-state index < -0.39 is 30.6 Å². The van der Waals surface area contributed by atoms with E-state index in [9.17, 15) is 19.6 Å². The van der Waals surface area contributed by atoms with Crippen LogP contribution in [0.4, 0.5) is 0 Å². The first-order valence-electron chi connectivity index (χ1n) is 8.16. The Morgan fingerprint density at radius 1 is 1.27 bits per heavy atom. The molecule has 1 fully saturated rings. The zero-order chi connectivity index (χ0) is 19.0. The SMILES string of the molecule is COc1cc(C=O)ccc1OCC(=O)OCC(=O)NC1(C#N)CCCC1. The van der Waals surface area contributed by atoms with E-state index in [2.05, 4.69) is 11.4 Å². The first-order chi connectivity index (χ1) is 12.5. The number of amides is 1. The van der Waals surface area contributed by atoms with Crippen LogP contribution >= 0.6 is 0 Å². The second-order valence-corrected chi connectivity index (χ2v) is 5.93. The maximum absolute atomic E-state index is 11.9. The second kappa shape index (κ2) is 8.85. The number of carbonyl (C=O) groups is 3. The van der Waals surface area contributed by atoms with Gasteiger partial charge in [0.25, 0.3) is 5.91 Å². The quantitative estimate of drug-likeness (QED) is 0.550. The third kappa shape index (κ3) is 4.96. The average molecular weight is 360 g/mol. The van der Waals surface area contributed by atoms with Gasteiger partial charge in [0.05, 0.1) is 13.2 Å². The van der Waals surface area contributed by atoms with Gasteiger partial charge in [-0.3, -0.25) is 9.59 Å². The van der Waals surface area contributed by atoms with Crippen molar-refractivity contribution in [3.05, 3.63) is 23.8 Å². The number of hydrogen-bond donors (Lipinski definition) is 1. The van der Waals surface area contributed by atoms with Gasteiger partial charge < -0.3 is 19.5 Å². The Morgan fingerprint density at radius 2 is 2.00 bits per heavy atom. The van der Waals surface area contributed by atoms with Crippen molar-refractivity contribution >= 4 is 18.2 Å². The van der Waals surface area contributed by atoms with E-state index in [1.54, 1.807) is 0 Å². The summed E-state index contributed by atoms with van der Waals surface area (Å²) in [6.45, 7) is -0.902. The Morgan fingerprint density at radius 3 is 2.62 bits per heavy atom. The van der Waals surface area contributed by atoms with Gasteiger partial charge in [-0.2, -0.15) is 5.26 Å². The molecule has 1 aliphatic carbocycles. The first-order valence-corrected chi connectivity index (χ1v) is 8.16. The van der Waals surface area contributed by atoms with E-state index in [0.717, 1.165) is 12.8 Å². The highest BCUT2D eigenvalue weighted by Gasteiger charge is 2.35. The lowest BCUT2D eigenvalue weighted by Crippen LogP contribution is -2.46. The van der Waals surface area contributed by atoms with E-state index in [-0.39, 0.29) is 5.75 Å². The van der Waals surface area contributed by atoms with Crippen LogP contribution < -0.4 is 14.8 Å². The third-order valence-electron chi connectivity index (χ3n) is 4.08. The molecule has 0 heterocycles.